The Morgan fingerprint density at radius 1 is 0.459 bits per heavy atom. The number of alkyl halides is 13. The monoisotopic (exact) mass is 1050 g/mol. The lowest BCUT2D eigenvalue weighted by atomic mass is 9.85. The molecule has 4 nitrogen and oxygen atoms in total. The second kappa shape index (κ2) is 19.8. The number of benzene rings is 4. The van der Waals surface area contributed by atoms with Crippen LogP contribution in [0.4, 0.5) is 57.1 Å². The zero-order valence-electron chi connectivity index (χ0n) is 43.0. The molecular weight excluding hydrogens is 990 g/mol. The van der Waals surface area contributed by atoms with Crippen LogP contribution in [0.25, 0.3) is 33.5 Å². The van der Waals surface area contributed by atoms with E-state index in [1.165, 1.54) is 30.3 Å². The SMILES string of the molecule is CC(C)(C)c1ccc(C2=CC(c3ccc(C(C)(C)C)cc3)=N/C2=C(\c2c(-c3ccc(C(C)(C)C)cc3)cc(-c3ccc(C(C)(C)C)cc3)n2B(OCC(F)(F)C(F)(F)F)OCC(F)(F)C(F)(F)F)C(F)(F)F)cc1. The minimum absolute atomic E-state index is 0.00275. The van der Waals surface area contributed by atoms with Gasteiger partial charge in [0, 0.05) is 22.4 Å². The maximum absolute atomic E-state index is 16.9. The Kier molecular flexibility index (Phi) is 15.4. The Labute approximate surface area is 423 Å². The highest BCUT2D eigenvalue weighted by Crippen LogP contribution is 2.50. The van der Waals surface area contributed by atoms with Gasteiger partial charge in [-0.2, -0.15) is 57.1 Å². The Morgan fingerprint density at radius 3 is 1.14 bits per heavy atom. The van der Waals surface area contributed by atoms with Crippen molar-refractivity contribution >= 4 is 24.1 Å². The molecular formula is C56H58BF13N2O2. The number of hydrogen-bond acceptors (Lipinski definition) is 3. The van der Waals surface area contributed by atoms with Crippen LogP contribution in [0, 0.1) is 0 Å². The van der Waals surface area contributed by atoms with Gasteiger partial charge in [0.15, 0.2) is 0 Å². The lowest BCUT2D eigenvalue weighted by molar-refractivity contribution is -0.295. The molecule has 6 rings (SSSR count). The van der Waals surface area contributed by atoms with E-state index in [1.54, 1.807) is 72.8 Å². The van der Waals surface area contributed by atoms with E-state index in [4.69, 9.17) is 9.31 Å². The van der Waals surface area contributed by atoms with Gasteiger partial charge in [0.2, 0.25) is 0 Å². The van der Waals surface area contributed by atoms with Crippen LogP contribution in [-0.4, -0.2) is 61.0 Å². The number of allylic oxidation sites excluding steroid dienone is 3. The lowest BCUT2D eigenvalue weighted by Crippen LogP contribution is -2.48. The predicted molar refractivity (Wildman–Crippen MR) is 266 cm³/mol. The van der Waals surface area contributed by atoms with Crippen molar-refractivity contribution in [3.05, 3.63) is 154 Å². The van der Waals surface area contributed by atoms with Gasteiger partial charge in [-0.05, 0) is 72.7 Å². The summed E-state index contributed by atoms with van der Waals surface area (Å²) in [5, 5.41) is 0. The first kappa shape index (κ1) is 57.7. The van der Waals surface area contributed by atoms with E-state index in [1.807, 2.05) is 83.1 Å². The van der Waals surface area contributed by atoms with Crippen molar-refractivity contribution in [2.75, 3.05) is 13.2 Å². The molecule has 0 bridgehead atoms. The van der Waals surface area contributed by atoms with Crippen molar-refractivity contribution in [2.45, 2.75) is 135 Å². The van der Waals surface area contributed by atoms with Crippen LogP contribution in [0.2, 0.25) is 0 Å². The van der Waals surface area contributed by atoms with Crippen molar-refractivity contribution in [3.63, 3.8) is 0 Å². The average Bonchev–Trinajstić information content (AvgIpc) is 3.87. The van der Waals surface area contributed by atoms with Gasteiger partial charge in [-0.25, -0.2) is 4.99 Å². The van der Waals surface area contributed by atoms with Gasteiger partial charge in [0.1, 0.15) is 18.8 Å². The van der Waals surface area contributed by atoms with Crippen LogP contribution in [-0.2, 0) is 31.0 Å². The Morgan fingerprint density at radius 2 is 0.797 bits per heavy atom. The average molecular weight is 1050 g/mol. The molecule has 0 fully saturated rings. The van der Waals surface area contributed by atoms with Crippen LogP contribution in [0.1, 0.15) is 122 Å². The van der Waals surface area contributed by atoms with Gasteiger partial charge < -0.3 is 13.8 Å². The standard InChI is InChI=1S/C56H58BF13N2O2/c1-48(2,3)37-21-13-33(14-22-37)41-29-43(35-17-25-39(26-18-35)50(7,8)9)71-46(41)45(54(62,63)64)47-42(34-15-23-38(24-16-34)49(4,5)6)30-44(36-19-27-40(28-20-36)51(10,11)12)72(47)57(73-31-52(58,59)55(65,66)67)74-32-53(60,61)56(68,69)70/h13-30H,31-32H2,1-12H3/b46-45+. The van der Waals surface area contributed by atoms with E-state index in [0.717, 1.165) is 17.2 Å². The summed E-state index contributed by atoms with van der Waals surface area (Å²) in [5.41, 5.74) is -3.15. The summed E-state index contributed by atoms with van der Waals surface area (Å²) in [5.74, 6) is -11.7. The molecule has 0 N–H and O–H groups in total. The first-order valence-electron chi connectivity index (χ1n) is 23.6. The Balaban J connectivity index is 1.84. The van der Waals surface area contributed by atoms with Gasteiger partial charge in [0.05, 0.1) is 17.1 Å². The highest BCUT2D eigenvalue weighted by atomic mass is 19.4. The molecule has 5 aromatic rings. The molecule has 398 valence electrons. The van der Waals surface area contributed by atoms with Crippen molar-refractivity contribution in [1.82, 2.24) is 4.48 Å². The van der Waals surface area contributed by atoms with Crippen molar-refractivity contribution in [3.8, 4) is 22.4 Å². The summed E-state index contributed by atoms with van der Waals surface area (Å²) in [4.78, 5) is 4.61. The minimum Gasteiger partial charge on any atom is -0.385 e. The fourth-order valence-electron chi connectivity index (χ4n) is 8.09. The predicted octanol–water partition coefficient (Wildman–Crippen LogP) is 17.1. The largest absolute Gasteiger partial charge is 0.598 e. The highest BCUT2D eigenvalue weighted by Gasteiger charge is 2.60. The summed E-state index contributed by atoms with van der Waals surface area (Å²) in [6.07, 6.45) is -17.0. The molecule has 18 heteroatoms. The van der Waals surface area contributed by atoms with Gasteiger partial charge in [-0.1, -0.05) is 180 Å². The topological polar surface area (TPSA) is 35.8 Å². The molecule has 1 aliphatic heterocycles. The first-order valence-corrected chi connectivity index (χ1v) is 23.6. The number of rotatable bonds is 12. The zero-order valence-corrected chi connectivity index (χ0v) is 43.0. The summed E-state index contributed by atoms with van der Waals surface area (Å²) in [6, 6.07) is 26.3. The minimum atomic E-state index is -6.39. The van der Waals surface area contributed by atoms with Crippen LogP contribution in [0.15, 0.2) is 120 Å². The summed E-state index contributed by atoms with van der Waals surface area (Å²) >= 11 is 0. The van der Waals surface area contributed by atoms with Crippen molar-refractivity contribution in [1.29, 1.82) is 0 Å². The van der Waals surface area contributed by atoms with Gasteiger partial charge in [0.25, 0.3) is 0 Å². The van der Waals surface area contributed by atoms with E-state index in [0.29, 0.717) is 21.2 Å². The number of halogens is 13. The van der Waals surface area contributed by atoms with Gasteiger partial charge >= 0.3 is 37.6 Å². The highest BCUT2D eigenvalue weighted by molar-refractivity contribution is 6.44. The van der Waals surface area contributed by atoms with E-state index in [-0.39, 0.29) is 33.4 Å². The summed E-state index contributed by atoms with van der Waals surface area (Å²) in [7, 11) is -3.27. The fourth-order valence-corrected chi connectivity index (χ4v) is 8.09. The quantitative estimate of drug-likeness (QED) is 0.0922. The van der Waals surface area contributed by atoms with Crippen molar-refractivity contribution in [2.24, 2.45) is 4.99 Å². The maximum atomic E-state index is 16.9. The zero-order chi connectivity index (χ0) is 55.6. The van der Waals surface area contributed by atoms with E-state index < -0.39 is 95.3 Å². The molecule has 4 aromatic carbocycles. The Bertz CT molecular complexity index is 2870. The molecule has 0 radical (unpaired) electrons. The van der Waals surface area contributed by atoms with Crippen LogP contribution in [0.3, 0.4) is 0 Å². The molecule has 74 heavy (non-hydrogen) atoms. The van der Waals surface area contributed by atoms with Gasteiger partial charge in [-0.3, -0.25) is 0 Å². The maximum Gasteiger partial charge on any atom is 0.598 e. The summed E-state index contributed by atoms with van der Waals surface area (Å²) < 4.78 is 204. The molecule has 1 aliphatic rings. The smallest absolute Gasteiger partial charge is 0.385 e. The third-order valence-corrected chi connectivity index (χ3v) is 12.6. The molecule has 0 atom stereocenters. The third kappa shape index (κ3) is 12.5. The molecule has 0 saturated heterocycles. The molecule has 0 saturated carbocycles. The molecule has 0 amide bonds. The molecule has 0 aliphatic carbocycles. The number of aliphatic imine (C=N–C) groups is 1. The molecule has 0 unspecified atom stereocenters. The van der Waals surface area contributed by atoms with Crippen molar-refractivity contribution < 1.29 is 66.4 Å². The first-order chi connectivity index (χ1) is 33.6. The molecule has 0 spiro atoms. The Hall–Kier alpha value is -5.62. The van der Waals surface area contributed by atoms with E-state index in [9.17, 15) is 43.9 Å². The molecule has 2 heterocycles. The fraction of sp³-hybridized carbons (Fsp3) is 0.411. The number of hydrogen-bond donors (Lipinski definition) is 0. The van der Waals surface area contributed by atoms with Crippen LogP contribution in [0.5, 0.6) is 0 Å². The normalized spacial score (nSPS) is 15.4. The number of aromatic nitrogens is 1. The molecule has 1 aromatic heterocycles. The van der Waals surface area contributed by atoms with E-state index in [2.05, 4.69) is 4.99 Å². The number of nitrogens with zero attached hydrogens (tertiary/aromatic N) is 2. The van der Waals surface area contributed by atoms with Crippen LogP contribution < -0.4 is 0 Å². The second-order valence-corrected chi connectivity index (χ2v) is 22.6. The van der Waals surface area contributed by atoms with E-state index >= 15 is 13.2 Å². The second-order valence-electron chi connectivity index (χ2n) is 22.6. The summed E-state index contributed by atoms with van der Waals surface area (Å²) in [6.45, 7) is 17.1. The lowest BCUT2D eigenvalue weighted by Gasteiger charge is -2.28. The van der Waals surface area contributed by atoms with Crippen LogP contribution >= 0.6 is 0 Å². The van der Waals surface area contributed by atoms with Gasteiger partial charge in [-0.15, -0.1) is 0 Å². The third-order valence-electron chi connectivity index (χ3n) is 12.6.